The lowest BCUT2D eigenvalue weighted by atomic mass is 9.80. The number of fused-ring (bicyclic) bond motifs is 1. The third kappa shape index (κ3) is 2.17. The SMILES string of the molecule is O=C1CCc2cc(C(=O)CC3CCC3)ccc2N1. The molecule has 0 saturated heterocycles. The fourth-order valence-electron chi connectivity index (χ4n) is 2.63. The van der Waals surface area contributed by atoms with Gasteiger partial charge in [0.1, 0.15) is 0 Å². The maximum atomic E-state index is 12.1. The number of amides is 1. The number of rotatable bonds is 3. The van der Waals surface area contributed by atoms with Crippen LogP contribution in [0.1, 0.15) is 48.0 Å². The van der Waals surface area contributed by atoms with Gasteiger partial charge < -0.3 is 5.32 Å². The van der Waals surface area contributed by atoms with E-state index in [1.165, 1.54) is 19.3 Å². The molecule has 1 saturated carbocycles. The smallest absolute Gasteiger partial charge is 0.224 e. The summed E-state index contributed by atoms with van der Waals surface area (Å²) in [7, 11) is 0. The molecule has 0 unspecified atom stereocenters. The Morgan fingerprint density at radius 1 is 1.28 bits per heavy atom. The van der Waals surface area contributed by atoms with Crippen LogP contribution in [0.15, 0.2) is 18.2 Å². The van der Waals surface area contributed by atoms with Gasteiger partial charge in [0.05, 0.1) is 0 Å². The van der Waals surface area contributed by atoms with Crippen LogP contribution >= 0.6 is 0 Å². The molecule has 1 aromatic rings. The Morgan fingerprint density at radius 3 is 2.83 bits per heavy atom. The number of hydrogen-bond donors (Lipinski definition) is 1. The minimum atomic E-state index is 0.0658. The highest BCUT2D eigenvalue weighted by atomic mass is 16.1. The number of nitrogens with one attached hydrogen (secondary N) is 1. The number of carbonyl (C=O) groups excluding carboxylic acids is 2. The molecule has 0 bridgehead atoms. The molecule has 1 heterocycles. The quantitative estimate of drug-likeness (QED) is 0.830. The average molecular weight is 243 g/mol. The van der Waals surface area contributed by atoms with E-state index in [4.69, 9.17) is 0 Å². The van der Waals surface area contributed by atoms with Crippen molar-refractivity contribution in [2.24, 2.45) is 5.92 Å². The first-order valence-electron chi connectivity index (χ1n) is 6.68. The average Bonchev–Trinajstić information content (AvgIpc) is 2.33. The Morgan fingerprint density at radius 2 is 2.11 bits per heavy atom. The molecule has 1 fully saturated rings. The lowest BCUT2D eigenvalue weighted by molar-refractivity contribution is -0.116. The topological polar surface area (TPSA) is 46.2 Å². The van der Waals surface area contributed by atoms with Crippen LogP contribution in [-0.4, -0.2) is 11.7 Å². The van der Waals surface area contributed by atoms with Crippen LogP contribution in [0.5, 0.6) is 0 Å². The molecule has 3 nitrogen and oxygen atoms in total. The summed E-state index contributed by atoms with van der Waals surface area (Å²) in [5.74, 6) is 0.920. The van der Waals surface area contributed by atoms with Gasteiger partial charge in [-0.1, -0.05) is 19.3 Å². The summed E-state index contributed by atoms with van der Waals surface area (Å²) in [4.78, 5) is 23.4. The zero-order valence-electron chi connectivity index (χ0n) is 10.4. The zero-order valence-corrected chi connectivity index (χ0v) is 10.4. The second kappa shape index (κ2) is 4.56. The number of anilines is 1. The Balaban J connectivity index is 1.76. The summed E-state index contributed by atoms with van der Waals surface area (Å²) in [6, 6.07) is 5.65. The van der Waals surface area contributed by atoms with E-state index in [1.807, 2.05) is 18.2 Å². The van der Waals surface area contributed by atoms with Crippen molar-refractivity contribution >= 4 is 17.4 Å². The van der Waals surface area contributed by atoms with E-state index in [9.17, 15) is 9.59 Å². The molecule has 0 aromatic heterocycles. The van der Waals surface area contributed by atoms with Crippen LogP contribution in [0.3, 0.4) is 0 Å². The highest BCUT2D eigenvalue weighted by Crippen LogP contribution is 2.31. The molecule has 3 rings (SSSR count). The van der Waals surface area contributed by atoms with E-state index >= 15 is 0 Å². The molecule has 1 amide bonds. The molecular formula is C15H17NO2. The van der Waals surface area contributed by atoms with Gasteiger partial charge in [-0.15, -0.1) is 0 Å². The standard InChI is InChI=1S/C15H17NO2/c17-14(8-10-2-1-3-10)12-4-6-13-11(9-12)5-7-15(18)16-13/h4,6,9-10H,1-3,5,7-8H2,(H,16,18). The first-order valence-corrected chi connectivity index (χ1v) is 6.68. The predicted molar refractivity (Wildman–Crippen MR) is 69.7 cm³/mol. The van der Waals surface area contributed by atoms with Crippen LogP contribution in [0.4, 0.5) is 5.69 Å². The van der Waals surface area contributed by atoms with Crippen molar-refractivity contribution in [2.75, 3.05) is 5.32 Å². The molecule has 0 radical (unpaired) electrons. The number of aryl methyl sites for hydroxylation is 1. The van der Waals surface area contributed by atoms with E-state index in [0.29, 0.717) is 18.8 Å². The lowest BCUT2D eigenvalue weighted by Crippen LogP contribution is -2.20. The van der Waals surface area contributed by atoms with Crippen molar-refractivity contribution in [3.05, 3.63) is 29.3 Å². The van der Waals surface area contributed by atoms with Crippen LogP contribution in [-0.2, 0) is 11.2 Å². The summed E-state index contributed by atoms with van der Waals surface area (Å²) in [6.07, 6.45) is 5.62. The molecule has 3 heteroatoms. The van der Waals surface area contributed by atoms with Crippen LogP contribution in [0, 0.1) is 5.92 Å². The fraction of sp³-hybridized carbons (Fsp3) is 0.467. The van der Waals surface area contributed by atoms with E-state index in [-0.39, 0.29) is 11.7 Å². The molecule has 1 aliphatic heterocycles. The van der Waals surface area contributed by atoms with E-state index < -0.39 is 0 Å². The monoisotopic (exact) mass is 243 g/mol. The van der Waals surface area contributed by atoms with Crippen molar-refractivity contribution in [2.45, 2.75) is 38.5 Å². The Bertz CT molecular complexity index is 503. The van der Waals surface area contributed by atoms with Crippen molar-refractivity contribution in [3.63, 3.8) is 0 Å². The first-order chi connectivity index (χ1) is 8.72. The maximum Gasteiger partial charge on any atom is 0.224 e. The van der Waals surface area contributed by atoms with Gasteiger partial charge in [0.2, 0.25) is 5.91 Å². The van der Waals surface area contributed by atoms with Crippen molar-refractivity contribution in [1.29, 1.82) is 0 Å². The fourth-order valence-corrected chi connectivity index (χ4v) is 2.63. The summed E-state index contributed by atoms with van der Waals surface area (Å²) in [5.41, 5.74) is 2.76. The van der Waals surface area contributed by atoms with Crippen molar-refractivity contribution < 1.29 is 9.59 Å². The first kappa shape index (κ1) is 11.5. The highest BCUT2D eigenvalue weighted by molar-refractivity contribution is 5.99. The van der Waals surface area contributed by atoms with Gasteiger partial charge in [0.15, 0.2) is 5.78 Å². The summed E-state index contributed by atoms with van der Waals surface area (Å²) < 4.78 is 0. The van der Waals surface area contributed by atoms with E-state index in [1.54, 1.807) is 0 Å². The van der Waals surface area contributed by atoms with E-state index in [2.05, 4.69) is 5.32 Å². The molecule has 1 aromatic carbocycles. The second-order valence-electron chi connectivity index (χ2n) is 5.34. The number of carbonyl (C=O) groups is 2. The summed E-state index contributed by atoms with van der Waals surface area (Å²) in [6.45, 7) is 0. The molecule has 2 aliphatic rings. The predicted octanol–water partition coefficient (Wildman–Crippen LogP) is 2.94. The number of ketones is 1. The molecule has 0 spiro atoms. The normalized spacial score (nSPS) is 18.8. The van der Waals surface area contributed by atoms with Crippen LogP contribution < -0.4 is 5.32 Å². The second-order valence-corrected chi connectivity index (χ2v) is 5.34. The number of Topliss-reactive ketones (excluding diaryl/α,β-unsaturated/α-hetero) is 1. The minimum absolute atomic E-state index is 0.0658. The third-order valence-corrected chi connectivity index (χ3v) is 4.02. The zero-order chi connectivity index (χ0) is 12.5. The van der Waals surface area contributed by atoms with Gasteiger partial charge >= 0.3 is 0 Å². The molecular weight excluding hydrogens is 226 g/mol. The molecule has 0 atom stereocenters. The Kier molecular flexibility index (Phi) is 2.90. The highest BCUT2D eigenvalue weighted by Gasteiger charge is 2.22. The van der Waals surface area contributed by atoms with Gasteiger partial charge in [-0.3, -0.25) is 9.59 Å². The van der Waals surface area contributed by atoms with Crippen molar-refractivity contribution in [3.8, 4) is 0 Å². The summed E-state index contributed by atoms with van der Waals surface area (Å²) in [5, 5.41) is 2.84. The molecule has 1 aliphatic carbocycles. The van der Waals surface area contributed by atoms with Crippen molar-refractivity contribution in [1.82, 2.24) is 0 Å². The summed E-state index contributed by atoms with van der Waals surface area (Å²) >= 11 is 0. The van der Waals surface area contributed by atoms with Gasteiger partial charge in [-0.25, -0.2) is 0 Å². The minimum Gasteiger partial charge on any atom is -0.326 e. The molecule has 94 valence electrons. The van der Waals surface area contributed by atoms with Gasteiger partial charge in [0, 0.05) is 24.1 Å². The van der Waals surface area contributed by atoms with Gasteiger partial charge in [-0.2, -0.15) is 0 Å². The Hall–Kier alpha value is -1.64. The van der Waals surface area contributed by atoms with Crippen LogP contribution in [0.2, 0.25) is 0 Å². The third-order valence-electron chi connectivity index (χ3n) is 4.02. The number of benzene rings is 1. The van der Waals surface area contributed by atoms with Gasteiger partial charge in [0.25, 0.3) is 0 Å². The number of hydrogen-bond acceptors (Lipinski definition) is 2. The Labute approximate surface area is 107 Å². The molecule has 18 heavy (non-hydrogen) atoms. The molecule has 1 N–H and O–H groups in total. The van der Waals surface area contributed by atoms with Crippen LogP contribution in [0.25, 0.3) is 0 Å². The van der Waals surface area contributed by atoms with Gasteiger partial charge in [-0.05, 0) is 36.1 Å². The largest absolute Gasteiger partial charge is 0.326 e. The maximum absolute atomic E-state index is 12.1. The lowest BCUT2D eigenvalue weighted by Gasteiger charge is -2.24. The van der Waals surface area contributed by atoms with E-state index in [0.717, 1.165) is 23.2 Å².